The number of amides is 1. The van der Waals surface area contributed by atoms with E-state index >= 15 is 0 Å². The summed E-state index contributed by atoms with van der Waals surface area (Å²) in [5, 5.41) is 4.24. The van der Waals surface area contributed by atoms with Gasteiger partial charge in [-0.05, 0) is 25.7 Å². The molecule has 0 atom stereocenters. The molecule has 1 aromatic rings. The molecule has 0 radical (unpaired) electrons. The van der Waals surface area contributed by atoms with Crippen LogP contribution >= 0.6 is 0 Å². The summed E-state index contributed by atoms with van der Waals surface area (Å²) >= 11 is 0. The van der Waals surface area contributed by atoms with Crippen LogP contribution in [0.5, 0.6) is 0 Å². The van der Waals surface area contributed by atoms with Crippen LogP contribution in [0.1, 0.15) is 65.6 Å². The van der Waals surface area contributed by atoms with Crippen molar-refractivity contribution in [2.75, 3.05) is 0 Å². The Morgan fingerprint density at radius 3 is 2.78 bits per heavy atom. The summed E-state index contributed by atoms with van der Waals surface area (Å²) in [5.41, 5.74) is 7.02. The second-order valence-electron chi connectivity index (χ2n) is 4.75. The minimum Gasteiger partial charge on any atom is -0.364 e. The van der Waals surface area contributed by atoms with Gasteiger partial charge < -0.3 is 5.73 Å². The third-order valence-corrected chi connectivity index (χ3v) is 3.35. The van der Waals surface area contributed by atoms with Gasteiger partial charge in [0.05, 0.1) is 0 Å². The van der Waals surface area contributed by atoms with Crippen LogP contribution in [0.4, 0.5) is 0 Å². The number of unbranched alkanes of at least 4 members (excludes halogenated alkanes) is 1. The molecule has 18 heavy (non-hydrogen) atoms. The second kappa shape index (κ2) is 5.33. The zero-order valence-corrected chi connectivity index (χ0v) is 10.7. The number of hydrogen-bond acceptors (Lipinski definition) is 3. The van der Waals surface area contributed by atoms with Crippen molar-refractivity contribution in [1.29, 1.82) is 0 Å². The standard InChI is InChI=1S/C13H19N3O2/c1-2-3-8-16-12-9(11(15-16)13(14)18)6-4-5-7-10(12)17/h2-8H2,1H3,(H2,14,18). The van der Waals surface area contributed by atoms with Crippen LogP contribution in [-0.2, 0) is 13.0 Å². The summed E-state index contributed by atoms with van der Waals surface area (Å²) in [7, 11) is 0. The SMILES string of the molecule is CCCCn1nc(C(N)=O)c2c1C(=O)CCCC2. The fourth-order valence-electron chi connectivity index (χ4n) is 2.42. The topological polar surface area (TPSA) is 78.0 Å². The molecule has 0 aromatic carbocycles. The predicted octanol–water partition coefficient (Wildman–Crippen LogP) is 1.69. The first-order valence-corrected chi connectivity index (χ1v) is 6.57. The molecule has 2 N–H and O–H groups in total. The van der Waals surface area contributed by atoms with Crippen LogP contribution < -0.4 is 5.73 Å². The Morgan fingerprint density at radius 1 is 1.39 bits per heavy atom. The third kappa shape index (κ3) is 2.30. The van der Waals surface area contributed by atoms with Crippen LogP contribution in [-0.4, -0.2) is 21.5 Å². The highest BCUT2D eigenvalue weighted by atomic mass is 16.1. The van der Waals surface area contributed by atoms with Gasteiger partial charge in [-0.3, -0.25) is 14.3 Å². The Balaban J connectivity index is 2.47. The number of nitrogens with two attached hydrogens (primary N) is 1. The average Bonchev–Trinajstić information content (AvgIpc) is 2.60. The molecule has 0 unspecified atom stereocenters. The number of hydrogen-bond donors (Lipinski definition) is 1. The van der Waals surface area contributed by atoms with Gasteiger partial charge in [-0.1, -0.05) is 13.3 Å². The van der Waals surface area contributed by atoms with Gasteiger partial charge in [-0.25, -0.2) is 0 Å². The molecule has 0 fully saturated rings. The largest absolute Gasteiger partial charge is 0.364 e. The summed E-state index contributed by atoms with van der Waals surface area (Å²) in [5.74, 6) is -0.435. The number of carbonyl (C=O) groups is 2. The minimum absolute atomic E-state index is 0.0959. The first-order chi connectivity index (χ1) is 8.65. The van der Waals surface area contributed by atoms with E-state index in [0.29, 0.717) is 18.7 Å². The summed E-state index contributed by atoms with van der Waals surface area (Å²) in [6.07, 6.45) is 5.03. The van der Waals surface area contributed by atoms with Crippen molar-refractivity contribution in [1.82, 2.24) is 9.78 Å². The predicted molar refractivity (Wildman–Crippen MR) is 67.5 cm³/mol. The lowest BCUT2D eigenvalue weighted by Gasteiger charge is -2.05. The second-order valence-corrected chi connectivity index (χ2v) is 4.75. The van der Waals surface area contributed by atoms with Crippen molar-refractivity contribution < 1.29 is 9.59 Å². The molecule has 0 spiro atoms. The molecule has 1 aliphatic carbocycles. The number of Topliss-reactive ketones (excluding diaryl/α,β-unsaturated/α-hetero) is 1. The highest BCUT2D eigenvalue weighted by Gasteiger charge is 2.27. The van der Waals surface area contributed by atoms with Crippen molar-refractivity contribution >= 4 is 11.7 Å². The van der Waals surface area contributed by atoms with Crippen LogP contribution in [0.15, 0.2) is 0 Å². The zero-order chi connectivity index (χ0) is 13.1. The molecule has 5 heteroatoms. The molecule has 98 valence electrons. The smallest absolute Gasteiger partial charge is 0.269 e. The van der Waals surface area contributed by atoms with Gasteiger partial charge in [-0.15, -0.1) is 0 Å². The van der Waals surface area contributed by atoms with E-state index in [1.54, 1.807) is 4.68 Å². The number of nitrogens with zero attached hydrogens (tertiary/aromatic N) is 2. The van der Waals surface area contributed by atoms with Crippen molar-refractivity contribution in [2.45, 2.75) is 52.0 Å². The molecule has 2 rings (SSSR count). The van der Waals surface area contributed by atoms with Crippen molar-refractivity contribution in [3.8, 4) is 0 Å². The molecule has 0 saturated carbocycles. The molecule has 1 aromatic heterocycles. The first-order valence-electron chi connectivity index (χ1n) is 6.57. The fourth-order valence-corrected chi connectivity index (χ4v) is 2.42. The fraction of sp³-hybridized carbons (Fsp3) is 0.615. The highest BCUT2D eigenvalue weighted by molar-refractivity contribution is 6.01. The number of fused-ring (bicyclic) bond motifs is 1. The van der Waals surface area contributed by atoms with Gasteiger partial charge in [0.25, 0.3) is 5.91 Å². The Morgan fingerprint density at radius 2 is 2.11 bits per heavy atom. The van der Waals surface area contributed by atoms with E-state index in [1.165, 1.54) is 0 Å². The zero-order valence-electron chi connectivity index (χ0n) is 10.7. The van der Waals surface area contributed by atoms with Crippen molar-refractivity contribution in [3.05, 3.63) is 17.0 Å². The molecule has 1 aliphatic rings. The third-order valence-electron chi connectivity index (χ3n) is 3.35. The quantitative estimate of drug-likeness (QED) is 0.825. The van der Waals surface area contributed by atoms with Gasteiger partial charge in [0.1, 0.15) is 5.69 Å². The van der Waals surface area contributed by atoms with Gasteiger partial charge in [0.15, 0.2) is 11.5 Å². The molecule has 1 amide bonds. The summed E-state index contributed by atoms with van der Waals surface area (Å²) in [4.78, 5) is 23.5. The van der Waals surface area contributed by atoms with E-state index in [-0.39, 0.29) is 11.5 Å². The summed E-state index contributed by atoms with van der Waals surface area (Å²) in [6, 6.07) is 0. The minimum atomic E-state index is -0.531. The molecule has 0 bridgehead atoms. The van der Waals surface area contributed by atoms with E-state index in [1.807, 2.05) is 0 Å². The number of aromatic nitrogens is 2. The van der Waals surface area contributed by atoms with Gasteiger partial charge in [-0.2, -0.15) is 5.10 Å². The number of aryl methyl sites for hydroxylation is 1. The maximum Gasteiger partial charge on any atom is 0.269 e. The Hall–Kier alpha value is -1.65. The number of carbonyl (C=O) groups excluding carboxylic acids is 2. The monoisotopic (exact) mass is 249 g/mol. The van der Waals surface area contributed by atoms with Crippen LogP contribution in [0.3, 0.4) is 0 Å². The van der Waals surface area contributed by atoms with Gasteiger partial charge in [0.2, 0.25) is 0 Å². The van der Waals surface area contributed by atoms with Crippen molar-refractivity contribution in [2.24, 2.45) is 5.73 Å². The number of ketones is 1. The highest BCUT2D eigenvalue weighted by Crippen LogP contribution is 2.24. The van der Waals surface area contributed by atoms with Crippen LogP contribution in [0, 0.1) is 0 Å². The molecule has 0 aliphatic heterocycles. The normalized spacial score (nSPS) is 15.3. The van der Waals surface area contributed by atoms with E-state index in [0.717, 1.165) is 37.7 Å². The van der Waals surface area contributed by atoms with Gasteiger partial charge in [0, 0.05) is 18.5 Å². The lowest BCUT2D eigenvalue weighted by Crippen LogP contribution is -2.14. The van der Waals surface area contributed by atoms with Crippen LogP contribution in [0.2, 0.25) is 0 Å². The average molecular weight is 249 g/mol. The Kier molecular flexibility index (Phi) is 3.79. The molecule has 0 saturated heterocycles. The van der Waals surface area contributed by atoms with E-state index in [2.05, 4.69) is 12.0 Å². The summed E-state index contributed by atoms with van der Waals surface area (Å²) < 4.78 is 1.69. The number of rotatable bonds is 4. The first kappa shape index (κ1) is 12.8. The van der Waals surface area contributed by atoms with E-state index in [4.69, 9.17) is 5.73 Å². The lowest BCUT2D eigenvalue weighted by molar-refractivity contribution is 0.0968. The van der Waals surface area contributed by atoms with Crippen molar-refractivity contribution in [3.63, 3.8) is 0 Å². The van der Waals surface area contributed by atoms with E-state index in [9.17, 15) is 9.59 Å². The molecule has 5 nitrogen and oxygen atoms in total. The Labute approximate surface area is 106 Å². The maximum atomic E-state index is 12.1. The molecular weight excluding hydrogens is 230 g/mol. The molecular formula is C13H19N3O2. The van der Waals surface area contributed by atoms with E-state index < -0.39 is 5.91 Å². The Bertz CT molecular complexity index is 477. The lowest BCUT2D eigenvalue weighted by atomic mass is 10.1. The van der Waals surface area contributed by atoms with Crippen LogP contribution in [0.25, 0.3) is 0 Å². The maximum absolute atomic E-state index is 12.1. The molecule has 1 heterocycles. The van der Waals surface area contributed by atoms with Gasteiger partial charge >= 0.3 is 0 Å². The summed E-state index contributed by atoms with van der Waals surface area (Å²) in [6.45, 7) is 2.76. The number of primary amides is 1.